The Morgan fingerprint density at radius 3 is 2.60 bits per heavy atom. The lowest BCUT2D eigenvalue weighted by molar-refractivity contribution is 0.0933. The fourth-order valence-electron chi connectivity index (χ4n) is 3.75. The predicted octanol–water partition coefficient (Wildman–Crippen LogP) is 3.64. The maximum atomic E-state index is 14.7. The molecule has 2 N–H and O–H groups in total. The summed E-state index contributed by atoms with van der Waals surface area (Å²) in [4.78, 5) is 12.7. The van der Waals surface area contributed by atoms with Crippen molar-refractivity contribution in [3.63, 3.8) is 0 Å². The number of hydrogen-bond donors (Lipinski definition) is 2. The van der Waals surface area contributed by atoms with Gasteiger partial charge in [-0.2, -0.15) is 5.10 Å². The van der Waals surface area contributed by atoms with Crippen molar-refractivity contribution < 1.29 is 18.0 Å². The van der Waals surface area contributed by atoms with Crippen LogP contribution in [0.15, 0.2) is 42.6 Å². The molecule has 156 valence electrons. The van der Waals surface area contributed by atoms with Crippen molar-refractivity contribution in [2.75, 3.05) is 13.1 Å². The number of aromatic nitrogens is 2. The minimum absolute atomic E-state index is 0.118. The van der Waals surface area contributed by atoms with Crippen LogP contribution >= 0.6 is 11.6 Å². The Hall–Kier alpha value is -2.84. The van der Waals surface area contributed by atoms with Crippen LogP contribution in [-0.2, 0) is 7.05 Å². The third-order valence-electron chi connectivity index (χ3n) is 5.28. The molecule has 9 heteroatoms. The maximum absolute atomic E-state index is 14.7. The van der Waals surface area contributed by atoms with Crippen LogP contribution in [0, 0.1) is 17.5 Å². The standard InChI is InChI=1S/C21H18ClF3N4O/c1-29-20(15(22)9-27-29)12-2-4-13(17(24)7-12)21(30)28-19-10-26-8-14(19)11-3-5-16(23)18(25)6-11/h2-7,9,14,19,26H,8,10H2,1H3,(H,28,30)/t14-,19+/m0/s1. The molecule has 2 aromatic carbocycles. The van der Waals surface area contributed by atoms with Crippen molar-refractivity contribution in [2.45, 2.75) is 12.0 Å². The molecular formula is C21H18ClF3N4O. The molecule has 1 aliphatic heterocycles. The Morgan fingerprint density at radius 1 is 1.13 bits per heavy atom. The molecular weight excluding hydrogens is 417 g/mol. The number of nitrogens with zero attached hydrogens (tertiary/aromatic N) is 2. The van der Waals surface area contributed by atoms with Gasteiger partial charge >= 0.3 is 0 Å². The Morgan fingerprint density at radius 2 is 1.93 bits per heavy atom. The van der Waals surface area contributed by atoms with Crippen LogP contribution in [0.25, 0.3) is 11.3 Å². The van der Waals surface area contributed by atoms with Crippen LogP contribution in [0.4, 0.5) is 13.2 Å². The number of amides is 1. The van der Waals surface area contributed by atoms with Crippen LogP contribution in [0.5, 0.6) is 0 Å². The second-order valence-corrected chi connectivity index (χ2v) is 7.58. The number of benzene rings is 2. The maximum Gasteiger partial charge on any atom is 0.254 e. The van der Waals surface area contributed by atoms with Gasteiger partial charge in [0, 0.05) is 37.7 Å². The Bertz CT molecular complexity index is 1100. The van der Waals surface area contributed by atoms with E-state index in [1.165, 1.54) is 29.1 Å². The second kappa shape index (κ2) is 8.12. The average molecular weight is 435 g/mol. The molecule has 0 spiro atoms. The van der Waals surface area contributed by atoms with Crippen molar-refractivity contribution in [1.29, 1.82) is 0 Å². The first kappa shape index (κ1) is 20.4. The molecule has 1 fully saturated rings. The van der Waals surface area contributed by atoms with Crippen molar-refractivity contribution >= 4 is 17.5 Å². The van der Waals surface area contributed by atoms with Crippen molar-refractivity contribution in [3.05, 3.63) is 76.2 Å². The highest BCUT2D eigenvalue weighted by Gasteiger charge is 2.31. The quantitative estimate of drug-likeness (QED) is 0.659. The fourth-order valence-corrected chi connectivity index (χ4v) is 4.03. The average Bonchev–Trinajstić information content (AvgIpc) is 3.30. The van der Waals surface area contributed by atoms with E-state index in [-0.39, 0.29) is 11.5 Å². The van der Waals surface area contributed by atoms with Crippen LogP contribution in [0.3, 0.4) is 0 Å². The zero-order valence-electron chi connectivity index (χ0n) is 15.9. The summed E-state index contributed by atoms with van der Waals surface area (Å²) in [6, 6.07) is 7.50. The monoisotopic (exact) mass is 434 g/mol. The van der Waals surface area contributed by atoms with Crippen LogP contribution in [0.2, 0.25) is 5.02 Å². The molecule has 1 aromatic heterocycles. The number of aryl methyl sites for hydroxylation is 1. The Labute approximate surface area is 175 Å². The molecule has 3 aromatic rings. The second-order valence-electron chi connectivity index (χ2n) is 7.18. The molecule has 0 radical (unpaired) electrons. The van der Waals surface area contributed by atoms with Crippen LogP contribution in [-0.4, -0.2) is 34.8 Å². The Balaban J connectivity index is 1.54. The zero-order valence-corrected chi connectivity index (χ0v) is 16.7. The first-order chi connectivity index (χ1) is 14.3. The van der Waals surface area contributed by atoms with Crippen LogP contribution < -0.4 is 10.6 Å². The normalized spacial score (nSPS) is 18.6. The minimum Gasteiger partial charge on any atom is -0.347 e. The van der Waals surface area contributed by atoms with E-state index in [1.807, 2.05) is 0 Å². The molecule has 2 atom stereocenters. The van der Waals surface area contributed by atoms with E-state index in [1.54, 1.807) is 13.1 Å². The number of halogens is 4. The van der Waals surface area contributed by atoms with Gasteiger partial charge < -0.3 is 10.6 Å². The van der Waals surface area contributed by atoms with Gasteiger partial charge in [0.25, 0.3) is 5.91 Å². The molecule has 30 heavy (non-hydrogen) atoms. The highest BCUT2D eigenvalue weighted by molar-refractivity contribution is 6.33. The molecule has 1 amide bonds. The largest absolute Gasteiger partial charge is 0.347 e. The molecule has 0 unspecified atom stereocenters. The first-order valence-corrected chi connectivity index (χ1v) is 9.67. The molecule has 2 heterocycles. The van der Waals surface area contributed by atoms with Crippen molar-refractivity contribution in [3.8, 4) is 11.3 Å². The van der Waals surface area contributed by atoms with E-state index < -0.39 is 29.4 Å². The number of nitrogens with one attached hydrogen (secondary N) is 2. The smallest absolute Gasteiger partial charge is 0.254 e. The van der Waals surface area contributed by atoms with E-state index in [2.05, 4.69) is 15.7 Å². The van der Waals surface area contributed by atoms with Gasteiger partial charge in [0.05, 0.1) is 22.5 Å². The van der Waals surface area contributed by atoms with E-state index in [0.717, 1.165) is 12.1 Å². The third-order valence-corrected chi connectivity index (χ3v) is 5.56. The van der Waals surface area contributed by atoms with E-state index in [4.69, 9.17) is 11.6 Å². The number of carbonyl (C=O) groups is 1. The van der Waals surface area contributed by atoms with Gasteiger partial charge in [-0.25, -0.2) is 13.2 Å². The molecule has 5 nitrogen and oxygen atoms in total. The molecule has 1 aliphatic rings. The minimum atomic E-state index is -0.945. The summed E-state index contributed by atoms with van der Waals surface area (Å²) in [6.07, 6.45) is 1.46. The highest BCUT2D eigenvalue weighted by atomic mass is 35.5. The molecule has 0 bridgehead atoms. The van der Waals surface area contributed by atoms with E-state index in [0.29, 0.717) is 34.9 Å². The SMILES string of the molecule is Cn1ncc(Cl)c1-c1ccc(C(=O)N[C@@H]2CNC[C@H]2c2ccc(F)c(F)c2)c(F)c1. The summed E-state index contributed by atoms with van der Waals surface area (Å²) in [7, 11) is 1.69. The summed E-state index contributed by atoms with van der Waals surface area (Å²) >= 11 is 6.10. The number of rotatable bonds is 4. The highest BCUT2D eigenvalue weighted by Crippen LogP contribution is 2.29. The number of carbonyl (C=O) groups excluding carboxylic acids is 1. The summed E-state index contributed by atoms with van der Waals surface area (Å²) in [5.74, 6) is -3.42. The summed E-state index contributed by atoms with van der Waals surface area (Å²) in [6.45, 7) is 0.913. The van der Waals surface area contributed by atoms with Gasteiger partial charge in [-0.1, -0.05) is 23.7 Å². The van der Waals surface area contributed by atoms with E-state index in [9.17, 15) is 18.0 Å². The van der Waals surface area contributed by atoms with Gasteiger partial charge in [-0.15, -0.1) is 0 Å². The number of hydrogen-bond acceptors (Lipinski definition) is 3. The lowest BCUT2D eigenvalue weighted by Crippen LogP contribution is -2.39. The molecule has 4 rings (SSSR count). The summed E-state index contributed by atoms with van der Waals surface area (Å²) in [5.41, 5.74) is 1.48. The molecule has 0 aliphatic carbocycles. The van der Waals surface area contributed by atoms with E-state index >= 15 is 0 Å². The van der Waals surface area contributed by atoms with Gasteiger partial charge in [-0.05, 0) is 29.8 Å². The summed E-state index contributed by atoms with van der Waals surface area (Å²) in [5, 5.41) is 10.3. The predicted molar refractivity (Wildman–Crippen MR) is 107 cm³/mol. The molecule has 1 saturated heterocycles. The van der Waals surface area contributed by atoms with Gasteiger partial charge in [0.15, 0.2) is 11.6 Å². The van der Waals surface area contributed by atoms with Crippen molar-refractivity contribution in [1.82, 2.24) is 20.4 Å². The fraction of sp³-hybridized carbons (Fsp3) is 0.238. The van der Waals surface area contributed by atoms with Gasteiger partial charge in [0.1, 0.15) is 5.82 Å². The van der Waals surface area contributed by atoms with Gasteiger partial charge in [-0.3, -0.25) is 9.48 Å². The first-order valence-electron chi connectivity index (χ1n) is 9.29. The lowest BCUT2D eigenvalue weighted by Gasteiger charge is -2.21. The molecule has 0 saturated carbocycles. The third kappa shape index (κ3) is 3.80. The van der Waals surface area contributed by atoms with Crippen molar-refractivity contribution in [2.24, 2.45) is 7.05 Å². The van der Waals surface area contributed by atoms with Gasteiger partial charge in [0.2, 0.25) is 0 Å². The van der Waals surface area contributed by atoms with Crippen LogP contribution in [0.1, 0.15) is 21.8 Å². The topological polar surface area (TPSA) is 59.0 Å². The summed E-state index contributed by atoms with van der Waals surface area (Å²) < 4.78 is 43.1. The zero-order chi connectivity index (χ0) is 21.4. The Kier molecular flexibility index (Phi) is 5.53. The lowest BCUT2D eigenvalue weighted by atomic mass is 9.94.